The number of carbonyl (C=O) groups excluding carboxylic acids is 1. The van der Waals surface area contributed by atoms with Crippen molar-refractivity contribution in [3.8, 4) is 0 Å². The predicted octanol–water partition coefficient (Wildman–Crippen LogP) is 3.69. The van der Waals surface area contributed by atoms with Crippen molar-refractivity contribution in [2.24, 2.45) is 5.92 Å². The number of amides is 1. The van der Waals surface area contributed by atoms with Gasteiger partial charge in [-0.3, -0.25) is 9.78 Å². The van der Waals surface area contributed by atoms with E-state index in [-0.39, 0.29) is 11.9 Å². The Balaban J connectivity index is 1.80. The molecule has 1 aliphatic rings. The van der Waals surface area contributed by atoms with Crippen LogP contribution in [-0.4, -0.2) is 24.1 Å². The first-order valence-electron chi connectivity index (χ1n) is 7.28. The summed E-state index contributed by atoms with van der Waals surface area (Å²) >= 11 is 7.21. The molecule has 0 aliphatic carbocycles. The van der Waals surface area contributed by atoms with Crippen molar-refractivity contribution in [1.29, 1.82) is 0 Å². The van der Waals surface area contributed by atoms with Crippen LogP contribution in [0.15, 0.2) is 36.7 Å². The number of aromatic nitrogens is 1. The normalized spacial score (nSPS) is 17.1. The standard InChI is InChI=1S/C16H17ClN2O2S/c17-14-4-3-13(22-14)16(20)19-15(11-5-8-21-9-6-11)12-2-1-7-18-10-12/h1-4,7,10-11,15H,5-6,8-9H2,(H,19,20). The maximum Gasteiger partial charge on any atom is 0.261 e. The van der Waals surface area contributed by atoms with E-state index in [1.165, 1.54) is 11.3 Å². The van der Waals surface area contributed by atoms with Crippen molar-refractivity contribution in [3.63, 3.8) is 0 Å². The van der Waals surface area contributed by atoms with Crippen molar-refractivity contribution in [3.05, 3.63) is 51.4 Å². The lowest BCUT2D eigenvalue weighted by Crippen LogP contribution is -2.35. The molecule has 3 rings (SSSR count). The fourth-order valence-electron chi connectivity index (χ4n) is 2.73. The van der Waals surface area contributed by atoms with Gasteiger partial charge in [-0.1, -0.05) is 17.7 Å². The van der Waals surface area contributed by atoms with Crippen LogP contribution in [0.2, 0.25) is 4.34 Å². The van der Waals surface area contributed by atoms with Gasteiger partial charge in [0.1, 0.15) is 0 Å². The van der Waals surface area contributed by atoms with Gasteiger partial charge in [0.25, 0.3) is 5.91 Å². The molecule has 22 heavy (non-hydrogen) atoms. The molecular weight excluding hydrogens is 320 g/mol. The summed E-state index contributed by atoms with van der Waals surface area (Å²) in [6.07, 6.45) is 5.43. The number of halogens is 1. The van der Waals surface area contributed by atoms with E-state index in [1.54, 1.807) is 18.3 Å². The molecule has 1 unspecified atom stereocenters. The second-order valence-corrected chi connectivity index (χ2v) is 7.01. The highest BCUT2D eigenvalue weighted by atomic mass is 35.5. The van der Waals surface area contributed by atoms with Gasteiger partial charge in [0.2, 0.25) is 0 Å². The largest absolute Gasteiger partial charge is 0.381 e. The third kappa shape index (κ3) is 3.66. The second kappa shape index (κ2) is 7.22. The number of hydrogen-bond donors (Lipinski definition) is 1. The smallest absolute Gasteiger partial charge is 0.261 e. The Labute approximate surface area is 138 Å². The molecule has 1 saturated heterocycles. The maximum absolute atomic E-state index is 12.5. The predicted molar refractivity (Wildman–Crippen MR) is 87.3 cm³/mol. The fourth-order valence-corrected chi connectivity index (χ4v) is 3.68. The molecule has 4 nitrogen and oxygen atoms in total. The number of pyridine rings is 1. The Kier molecular flexibility index (Phi) is 5.08. The molecule has 1 N–H and O–H groups in total. The molecule has 2 aromatic heterocycles. The van der Waals surface area contributed by atoms with Crippen LogP contribution in [0.25, 0.3) is 0 Å². The first-order chi connectivity index (χ1) is 10.7. The lowest BCUT2D eigenvalue weighted by atomic mass is 9.87. The molecule has 0 spiro atoms. The molecular formula is C16H17ClN2O2S. The first kappa shape index (κ1) is 15.5. The van der Waals surface area contributed by atoms with E-state index in [4.69, 9.17) is 16.3 Å². The minimum absolute atomic E-state index is 0.0500. The highest BCUT2D eigenvalue weighted by Crippen LogP contribution is 2.30. The molecule has 3 heterocycles. The summed E-state index contributed by atoms with van der Waals surface area (Å²) in [5.41, 5.74) is 1.03. The van der Waals surface area contributed by atoms with Gasteiger partial charge in [-0.25, -0.2) is 0 Å². The van der Waals surface area contributed by atoms with Crippen LogP contribution >= 0.6 is 22.9 Å². The number of thiophene rings is 1. The highest BCUT2D eigenvalue weighted by molar-refractivity contribution is 7.17. The van der Waals surface area contributed by atoms with Crippen molar-refractivity contribution in [2.75, 3.05) is 13.2 Å². The van der Waals surface area contributed by atoms with Crippen LogP contribution in [0.5, 0.6) is 0 Å². The Bertz CT molecular complexity index is 626. The molecule has 0 radical (unpaired) electrons. The first-order valence-corrected chi connectivity index (χ1v) is 8.47. The molecule has 2 aromatic rings. The van der Waals surface area contributed by atoms with Crippen LogP contribution in [0, 0.1) is 5.92 Å². The van der Waals surface area contributed by atoms with Gasteiger partial charge in [-0.05, 0) is 42.5 Å². The Hall–Kier alpha value is -1.43. The zero-order chi connectivity index (χ0) is 15.4. The van der Waals surface area contributed by atoms with Crippen LogP contribution < -0.4 is 5.32 Å². The highest BCUT2D eigenvalue weighted by Gasteiger charge is 2.27. The minimum Gasteiger partial charge on any atom is -0.381 e. The fraction of sp³-hybridized carbons (Fsp3) is 0.375. The second-order valence-electron chi connectivity index (χ2n) is 5.29. The molecule has 0 bridgehead atoms. The van der Waals surface area contributed by atoms with Crippen molar-refractivity contribution in [2.45, 2.75) is 18.9 Å². The molecule has 6 heteroatoms. The van der Waals surface area contributed by atoms with Gasteiger partial charge in [-0.2, -0.15) is 0 Å². The van der Waals surface area contributed by atoms with E-state index in [0.29, 0.717) is 15.1 Å². The Morgan fingerprint density at radius 1 is 1.36 bits per heavy atom. The zero-order valence-corrected chi connectivity index (χ0v) is 13.6. The van der Waals surface area contributed by atoms with Gasteiger partial charge < -0.3 is 10.1 Å². The third-order valence-corrected chi connectivity index (χ3v) is 5.09. The van der Waals surface area contributed by atoms with Crippen molar-refractivity contribution in [1.82, 2.24) is 10.3 Å². The minimum atomic E-state index is -0.0859. The van der Waals surface area contributed by atoms with E-state index in [1.807, 2.05) is 18.3 Å². The lowest BCUT2D eigenvalue weighted by molar-refractivity contribution is 0.0514. The molecule has 1 atom stereocenters. The maximum atomic E-state index is 12.5. The van der Waals surface area contributed by atoms with Crippen molar-refractivity contribution < 1.29 is 9.53 Å². The number of nitrogens with one attached hydrogen (secondary N) is 1. The lowest BCUT2D eigenvalue weighted by Gasteiger charge is -2.31. The average molecular weight is 337 g/mol. The average Bonchev–Trinajstić information content (AvgIpc) is 3.01. The van der Waals surface area contributed by atoms with Gasteiger partial charge in [-0.15, -0.1) is 11.3 Å². The summed E-state index contributed by atoms with van der Waals surface area (Å²) in [5, 5.41) is 3.15. The van der Waals surface area contributed by atoms with Crippen LogP contribution in [0.3, 0.4) is 0 Å². The number of hydrogen-bond acceptors (Lipinski definition) is 4. The van der Waals surface area contributed by atoms with Gasteiger partial charge in [0.15, 0.2) is 0 Å². The van der Waals surface area contributed by atoms with E-state index in [9.17, 15) is 4.79 Å². The van der Waals surface area contributed by atoms with Crippen LogP contribution in [0.4, 0.5) is 0 Å². The molecule has 116 valence electrons. The van der Waals surface area contributed by atoms with Crippen LogP contribution in [-0.2, 0) is 4.74 Å². The van der Waals surface area contributed by atoms with Crippen LogP contribution in [0.1, 0.15) is 34.1 Å². The summed E-state index contributed by atoms with van der Waals surface area (Å²) in [6.45, 7) is 1.48. The number of carbonyl (C=O) groups is 1. The summed E-state index contributed by atoms with van der Waals surface area (Å²) in [6, 6.07) is 7.36. The monoisotopic (exact) mass is 336 g/mol. The number of ether oxygens (including phenoxy) is 1. The molecule has 1 amide bonds. The Morgan fingerprint density at radius 3 is 2.82 bits per heavy atom. The number of rotatable bonds is 4. The Morgan fingerprint density at radius 2 is 2.18 bits per heavy atom. The van der Waals surface area contributed by atoms with Gasteiger partial charge in [0, 0.05) is 25.6 Å². The van der Waals surface area contributed by atoms with E-state index >= 15 is 0 Å². The van der Waals surface area contributed by atoms with Gasteiger partial charge >= 0.3 is 0 Å². The SMILES string of the molecule is O=C(NC(c1cccnc1)C1CCOCC1)c1ccc(Cl)s1. The van der Waals surface area contributed by atoms with E-state index in [0.717, 1.165) is 31.6 Å². The molecule has 0 saturated carbocycles. The molecule has 1 fully saturated rings. The van der Waals surface area contributed by atoms with E-state index < -0.39 is 0 Å². The zero-order valence-electron chi connectivity index (χ0n) is 12.0. The molecule has 1 aliphatic heterocycles. The summed E-state index contributed by atoms with van der Waals surface area (Å²) in [4.78, 5) is 17.3. The van der Waals surface area contributed by atoms with Crippen molar-refractivity contribution >= 4 is 28.8 Å². The summed E-state index contributed by atoms with van der Waals surface area (Å²) < 4.78 is 6.05. The third-order valence-electron chi connectivity index (χ3n) is 3.86. The number of nitrogens with zero attached hydrogens (tertiary/aromatic N) is 1. The quantitative estimate of drug-likeness (QED) is 0.926. The summed E-state index contributed by atoms with van der Waals surface area (Å²) in [5.74, 6) is 0.273. The van der Waals surface area contributed by atoms with Gasteiger partial charge in [0.05, 0.1) is 15.3 Å². The molecule has 0 aromatic carbocycles. The van der Waals surface area contributed by atoms with E-state index in [2.05, 4.69) is 10.3 Å². The summed E-state index contributed by atoms with van der Waals surface area (Å²) in [7, 11) is 0. The topological polar surface area (TPSA) is 51.2 Å².